The first-order valence-corrected chi connectivity index (χ1v) is 6.40. The standard InChI is InChI=1S/C12H16N2O4S/c1-4-6-14-10-7(11(15)17-3)8(13)9(19-10)12(16)18-5-2/h4,14H,1,5-6,13H2,2-3H3. The van der Waals surface area contributed by atoms with E-state index in [2.05, 4.69) is 16.6 Å². The minimum atomic E-state index is -0.601. The molecule has 1 aromatic heterocycles. The van der Waals surface area contributed by atoms with Crippen LogP contribution < -0.4 is 11.1 Å². The average molecular weight is 284 g/mol. The van der Waals surface area contributed by atoms with E-state index in [1.807, 2.05) is 0 Å². The molecule has 0 fully saturated rings. The highest BCUT2D eigenvalue weighted by Crippen LogP contribution is 2.36. The second-order valence-electron chi connectivity index (χ2n) is 3.43. The Morgan fingerprint density at radius 1 is 1.47 bits per heavy atom. The second kappa shape index (κ2) is 6.79. The molecule has 0 radical (unpaired) electrons. The zero-order chi connectivity index (χ0) is 14.4. The Bertz CT molecular complexity index is 496. The monoisotopic (exact) mass is 284 g/mol. The molecule has 0 aliphatic heterocycles. The molecule has 7 heteroatoms. The third-order valence-electron chi connectivity index (χ3n) is 2.20. The highest BCUT2D eigenvalue weighted by atomic mass is 32.1. The van der Waals surface area contributed by atoms with E-state index in [1.54, 1.807) is 13.0 Å². The van der Waals surface area contributed by atoms with Gasteiger partial charge in [-0.25, -0.2) is 9.59 Å². The molecule has 1 rings (SSSR count). The number of hydrogen-bond donors (Lipinski definition) is 2. The molecular weight excluding hydrogens is 268 g/mol. The molecule has 0 spiro atoms. The van der Waals surface area contributed by atoms with Gasteiger partial charge in [-0.3, -0.25) is 0 Å². The molecular formula is C12H16N2O4S. The van der Waals surface area contributed by atoms with Crippen molar-refractivity contribution in [3.8, 4) is 0 Å². The summed E-state index contributed by atoms with van der Waals surface area (Å²) >= 11 is 1.06. The van der Waals surface area contributed by atoms with Gasteiger partial charge in [-0.2, -0.15) is 0 Å². The molecule has 0 aromatic carbocycles. The van der Waals surface area contributed by atoms with Gasteiger partial charge >= 0.3 is 11.9 Å². The van der Waals surface area contributed by atoms with Crippen LogP contribution in [0.3, 0.4) is 0 Å². The minimum absolute atomic E-state index is 0.0712. The van der Waals surface area contributed by atoms with E-state index < -0.39 is 11.9 Å². The number of methoxy groups -OCH3 is 1. The molecule has 0 saturated carbocycles. The van der Waals surface area contributed by atoms with Crippen LogP contribution in [-0.4, -0.2) is 32.2 Å². The largest absolute Gasteiger partial charge is 0.465 e. The number of carbonyl (C=O) groups excluding carboxylic acids is 2. The quantitative estimate of drug-likeness (QED) is 0.612. The normalized spacial score (nSPS) is 9.79. The van der Waals surface area contributed by atoms with Crippen LogP contribution >= 0.6 is 11.3 Å². The Kier molecular flexibility index (Phi) is 5.37. The molecule has 6 nitrogen and oxygen atoms in total. The van der Waals surface area contributed by atoms with Crippen molar-refractivity contribution in [3.63, 3.8) is 0 Å². The highest BCUT2D eigenvalue weighted by molar-refractivity contribution is 7.19. The molecule has 1 heterocycles. The number of carbonyl (C=O) groups is 2. The topological polar surface area (TPSA) is 90.6 Å². The van der Waals surface area contributed by atoms with Crippen molar-refractivity contribution in [1.29, 1.82) is 0 Å². The lowest BCUT2D eigenvalue weighted by Gasteiger charge is -2.04. The maximum atomic E-state index is 11.7. The zero-order valence-corrected chi connectivity index (χ0v) is 11.6. The zero-order valence-electron chi connectivity index (χ0n) is 10.8. The molecule has 19 heavy (non-hydrogen) atoms. The SMILES string of the molecule is C=CCNc1sc(C(=O)OCC)c(N)c1C(=O)OC. The number of rotatable bonds is 6. The number of hydrogen-bond acceptors (Lipinski definition) is 7. The molecule has 0 aliphatic rings. The number of esters is 2. The van der Waals surface area contributed by atoms with Crippen LogP contribution in [-0.2, 0) is 9.47 Å². The summed E-state index contributed by atoms with van der Waals surface area (Å²) in [5.74, 6) is -1.15. The summed E-state index contributed by atoms with van der Waals surface area (Å²) in [6.07, 6.45) is 1.63. The van der Waals surface area contributed by atoms with Crippen molar-refractivity contribution in [3.05, 3.63) is 23.1 Å². The van der Waals surface area contributed by atoms with Gasteiger partial charge in [0.2, 0.25) is 0 Å². The van der Waals surface area contributed by atoms with Gasteiger partial charge in [0.1, 0.15) is 15.4 Å². The molecule has 0 unspecified atom stereocenters. The number of nitrogens with one attached hydrogen (secondary N) is 1. The number of thiophene rings is 1. The van der Waals surface area contributed by atoms with E-state index in [4.69, 9.17) is 10.5 Å². The Hall–Kier alpha value is -2.02. The van der Waals surface area contributed by atoms with Crippen LogP contribution in [0.5, 0.6) is 0 Å². The first kappa shape index (κ1) is 15.0. The molecule has 0 saturated heterocycles. The Labute approximate surface area is 115 Å². The minimum Gasteiger partial charge on any atom is -0.465 e. The van der Waals surface area contributed by atoms with Crippen LogP contribution in [0.25, 0.3) is 0 Å². The van der Waals surface area contributed by atoms with E-state index >= 15 is 0 Å². The van der Waals surface area contributed by atoms with Gasteiger partial charge in [-0.05, 0) is 6.92 Å². The van der Waals surface area contributed by atoms with E-state index in [1.165, 1.54) is 7.11 Å². The number of ether oxygens (including phenoxy) is 2. The van der Waals surface area contributed by atoms with Crippen LogP contribution in [0.4, 0.5) is 10.7 Å². The van der Waals surface area contributed by atoms with Crippen molar-refractivity contribution in [2.45, 2.75) is 6.92 Å². The molecule has 1 aromatic rings. The van der Waals surface area contributed by atoms with Gasteiger partial charge in [0.05, 0.1) is 19.4 Å². The maximum absolute atomic E-state index is 11.7. The average Bonchev–Trinajstić information content (AvgIpc) is 2.73. The van der Waals surface area contributed by atoms with Gasteiger partial charge in [0.25, 0.3) is 0 Å². The van der Waals surface area contributed by atoms with E-state index in [-0.39, 0.29) is 22.7 Å². The van der Waals surface area contributed by atoms with Gasteiger partial charge in [-0.1, -0.05) is 6.08 Å². The summed E-state index contributed by atoms with van der Waals surface area (Å²) in [6.45, 7) is 5.93. The fourth-order valence-corrected chi connectivity index (χ4v) is 2.40. The van der Waals surface area contributed by atoms with Gasteiger partial charge in [-0.15, -0.1) is 17.9 Å². The van der Waals surface area contributed by atoms with Crippen LogP contribution in [0.1, 0.15) is 27.0 Å². The van der Waals surface area contributed by atoms with Crippen molar-refractivity contribution in [2.24, 2.45) is 0 Å². The highest BCUT2D eigenvalue weighted by Gasteiger charge is 2.26. The summed E-state index contributed by atoms with van der Waals surface area (Å²) < 4.78 is 9.55. The third-order valence-corrected chi connectivity index (χ3v) is 3.35. The van der Waals surface area contributed by atoms with Crippen molar-refractivity contribution >= 4 is 34.0 Å². The van der Waals surface area contributed by atoms with Gasteiger partial charge < -0.3 is 20.5 Å². The Balaban J connectivity index is 3.21. The third kappa shape index (κ3) is 3.25. The summed E-state index contributed by atoms with van der Waals surface area (Å²) in [6, 6.07) is 0. The lowest BCUT2D eigenvalue weighted by Crippen LogP contribution is -2.10. The van der Waals surface area contributed by atoms with E-state index in [0.29, 0.717) is 11.5 Å². The molecule has 0 atom stereocenters. The Morgan fingerprint density at radius 2 is 2.16 bits per heavy atom. The summed E-state index contributed by atoms with van der Waals surface area (Å²) in [5.41, 5.74) is 6.05. The summed E-state index contributed by atoms with van der Waals surface area (Å²) in [4.78, 5) is 23.6. The van der Waals surface area contributed by atoms with Crippen molar-refractivity contribution < 1.29 is 19.1 Å². The molecule has 0 aliphatic carbocycles. The fraction of sp³-hybridized carbons (Fsp3) is 0.333. The first-order valence-electron chi connectivity index (χ1n) is 5.59. The fourth-order valence-electron chi connectivity index (χ4n) is 1.39. The first-order chi connectivity index (χ1) is 9.06. The van der Waals surface area contributed by atoms with Crippen molar-refractivity contribution in [1.82, 2.24) is 0 Å². The number of anilines is 2. The maximum Gasteiger partial charge on any atom is 0.350 e. The number of nitrogen functional groups attached to an aromatic ring is 1. The van der Waals surface area contributed by atoms with E-state index in [9.17, 15) is 9.59 Å². The summed E-state index contributed by atoms with van der Waals surface area (Å²) in [7, 11) is 1.25. The van der Waals surface area contributed by atoms with Gasteiger partial charge in [0.15, 0.2) is 0 Å². The van der Waals surface area contributed by atoms with Crippen LogP contribution in [0, 0.1) is 0 Å². The Morgan fingerprint density at radius 3 is 2.68 bits per heavy atom. The molecule has 0 bridgehead atoms. The van der Waals surface area contributed by atoms with E-state index in [0.717, 1.165) is 11.3 Å². The van der Waals surface area contributed by atoms with Gasteiger partial charge in [0, 0.05) is 6.54 Å². The summed E-state index contributed by atoms with van der Waals surface area (Å²) in [5, 5.41) is 3.41. The molecule has 3 N–H and O–H groups in total. The van der Waals surface area contributed by atoms with Crippen molar-refractivity contribution in [2.75, 3.05) is 31.3 Å². The second-order valence-corrected chi connectivity index (χ2v) is 4.45. The predicted molar refractivity (Wildman–Crippen MR) is 74.7 cm³/mol. The lowest BCUT2D eigenvalue weighted by molar-refractivity contribution is 0.0533. The van der Waals surface area contributed by atoms with Crippen LogP contribution in [0.2, 0.25) is 0 Å². The molecule has 0 amide bonds. The molecule has 104 valence electrons. The lowest BCUT2D eigenvalue weighted by atomic mass is 10.2. The van der Waals surface area contributed by atoms with Crippen LogP contribution in [0.15, 0.2) is 12.7 Å². The number of nitrogens with two attached hydrogens (primary N) is 1. The predicted octanol–water partition coefficient (Wildman–Crippen LogP) is 1.89. The smallest absolute Gasteiger partial charge is 0.350 e.